The van der Waals surface area contributed by atoms with Crippen LogP contribution in [0, 0.1) is 19.7 Å². The van der Waals surface area contributed by atoms with Gasteiger partial charge in [-0.2, -0.15) is 0 Å². The number of carbonyl (C=O) groups is 2. The van der Waals surface area contributed by atoms with E-state index in [2.05, 4.69) is 31.8 Å². The molecule has 0 unspecified atom stereocenters. The van der Waals surface area contributed by atoms with Crippen molar-refractivity contribution < 1.29 is 14.0 Å². The molecule has 3 aromatic rings. The summed E-state index contributed by atoms with van der Waals surface area (Å²) in [6.45, 7) is 8.29. The van der Waals surface area contributed by atoms with Crippen molar-refractivity contribution in [1.82, 2.24) is 14.4 Å². The van der Waals surface area contributed by atoms with Gasteiger partial charge in [0.2, 0.25) is 5.91 Å². The van der Waals surface area contributed by atoms with Gasteiger partial charge in [0.1, 0.15) is 5.82 Å². The van der Waals surface area contributed by atoms with E-state index in [1.807, 2.05) is 38.1 Å². The van der Waals surface area contributed by atoms with E-state index in [-0.39, 0.29) is 24.1 Å². The zero-order valence-electron chi connectivity index (χ0n) is 19.8. The minimum absolute atomic E-state index is 0.129. The van der Waals surface area contributed by atoms with Crippen LogP contribution < -0.4 is 5.32 Å². The molecular weight excluding hydrogens is 431 g/mol. The van der Waals surface area contributed by atoms with Crippen LogP contribution in [0.25, 0.3) is 0 Å². The molecule has 1 aliphatic heterocycles. The van der Waals surface area contributed by atoms with Crippen LogP contribution in [0.4, 0.5) is 10.1 Å². The summed E-state index contributed by atoms with van der Waals surface area (Å²) in [5.41, 5.74) is 4.53. The normalized spacial score (nSPS) is 14.8. The molecule has 0 radical (unpaired) electrons. The van der Waals surface area contributed by atoms with Crippen LogP contribution in [0.1, 0.15) is 27.3 Å². The summed E-state index contributed by atoms with van der Waals surface area (Å²) in [4.78, 5) is 29.6. The predicted octanol–water partition coefficient (Wildman–Crippen LogP) is 3.73. The van der Waals surface area contributed by atoms with Gasteiger partial charge in [0.25, 0.3) is 0 Å². The molecule has 2 aromatic carbocycles. The molecule has 34 heavy (non-hydrogen) atoms. The minimum Gasteiger partial charge on any atom is -0.344 e. The Morgan fingerprint density at radius 1 is 0.882 bits per heavy atom. The summed E-state index contributed by atoms with van der Waals surface area (Å²) < 4.78 is 15.5. The molecule has 1 fully saturated rings. The molecule has 0 atom stereocenters. The Morgan fingerprint density at radius 2 is 1.56 bits per heavy atom. The van der Waals surface area contributed by atoms with Crippen LogP contribution in [-0.2, 0) is 11.3 Å². The Kier molecular flexibility index (Phi) is 7.55. The fraction of sp³-hybridized carbons (Fsp3) is 0.333. The van der Waals surface area contributed by atoms with Gasteiger partial charge in [-0.1, -0.05) is 36.4 Å². The van der Waals surface area contributed by atoms with Crippen molar-refractivity contribution in [3.05, 3.63) is 89.0 Å². The van der Waals surface area contributed by atoms with Crippen LogP contribution in [-0.4, -0.2) is 65.3 Å². The average Bonchev–Trinajstić information content (AvgIpc) is 3.09. The van der Waals surface area contributed by atoms with E-state index >= 15 is 0 Å². The van der Waals surface area contributed by atoms with Gasteiger partial charge >= 0.3 is 0 Å². The number of aromatic nitrogens is 1. The summed E-state index contributed by atoms with van der Waals surface area (Å²) in [6.07, 6.45) is 0. The lowest BCUT2D eigenvalue weighted by atomic mass is 10.1. The van der Waals surface area contributed by atoms with Crippen molar-refractivity contribution >= 4 is 17.4 Å². The molecule has 178 valence electrons. The number of rotatable bonds is 8. The number of anilines is 1. The van der Waals surface area contributed by atoms with Gasteiger partial charge < -0.3 is 9.88 Å². The highest BCUT2D eigenvalue weighted by molar-refractivity contribution is 5.99. The third-order valence-electron chi connectivity index (χ3n) is 6.37. The number of aryl methyl sites for hydroxylation is 1. The van der Waals surface area contributed by atoms with E-state index in [4.69, 9.17) is 0 Å². The Hall–Kier alpha value is -3.29. The molecule has 1 amide bonds. The van der Waals surface area contributed by atoms with Gasteiger partial charge in [0.15, 0.2) is 5.78 Å². The standard InChI is InChI=1S/C27H31FN4O2/c1-20-15-25(21(2)32(20)17-22-7-4-3-5-8-22)26(33)18-30-11-13-31(14-12-30)19-27(34)29-24-10-6-9-23(28)16-24/h3-10,15-16H,11-14,17-19H2,1-2H3,(H,29,34). The van der Waals surface area contributed by atoms with E-state index in [1.54, 1.807) is 12.1 Å². The number of hydrogen-bond acceptors (Lipinski definition) is 4. The fourth-order valence-corrected chi connectivity index (χ4v) is 4.46. The first-order valence-electron chi connectivity index (χ1n) is 11.6. The maximum atomic E-state index is 13.3. The van der Waals surface area contributed by atoms with E-state index in [9.17, 15) is 14.0 Å². The highest BCUT2D eigenvalue weighted by Crippen LogP contribution is 2.19. The smallest absolute Gasteiger partial charge is 0.238 e. The third-order valence-corrected chi connectivity index (χ3v) is 6.37. The highest BCUT2D eigenvalue weighted by Gasteiger charge is 2.23. The number of nitrogens with one attached hydrogen (secondary N) is 1. The van der Waals surface area contributed by atoms with Crippen molar-refractivity contribution in [2.75, 3.05) is 44.6 Å². The average molecular weight is 463 g/mol. The topological polar surface area (TPSA) is 57.6 Å². The summed E-state index contributed by atoms with van der Waals surface area (Å²) >= 11 is 0. The first-order valence-corrected chi connectivity index (χ1v) is 11.6. The van der Waals surface area contributed by atoms with Gasteiger partial charge in [-0.3, -0.25) is 19.4 Å². The number of carbonyl (C=O) groups excluding carboxylic acids is 2. The van der Waals surface area contributed by atoms with Crippen molar-refractivity contribution in [2.45, 2.75) is 20.4 Å². The maximum absolute atomic E-state index is 13.3. The molecule has 4 rings (SSSR count). The minimum atomic E-state index is -0.378. The molecule has 0 aliphatic carbocycles. The largest absolute Gasteiger partial charge is 0.344 e. The Balaban J connectivity index is 1.27. The molecule has 1 N–H and O–H groups in total. The number of nitrogens with zero attached hydrogens (tertiary/aromatic N) is 3. The lowest BCUT2D eigenvalue weighted by molar-refractivity contribution is -0.117. The van der Waals surface area contributed by atoms with Gasteiger partial charge in [-0.05, 0) is 43.7 Å². The third kappa shape index (κ3) is 5.98. The number of Topliss-reactive ketones (excluding diaryl/α,β-unsaturated/α-hetero) is 1. The Morgan fingerprint density at radius 3 is 2.24 bits per heavy atom. The SMILES string of the molecule is Cc1cc(C(=O)CN2CCN(CC(=O)Nc3cccc(F)c3)CC2)c(C)n1Cc1ccccc1. The zero-order chi connectivity index (χ0) is 24.1. The molecule has 6 nitrogen and oxygen atoms in total. The second kappa shape index (κ2) is 10.8. The van der Waals surface area contributed by atoms with Gasteiger partial charge in [-0.25, -0.2) is 4.39 Å². The Labute approximate surface area is 200 Å². The number of benzene rings is 2. The summed E-state index contributed by atoms with van der Waals surface area (Å²) in [7, 11) is 0. The van der Waals surface area contributed by atoms with Gasteiger partial charge in [-0.15, -0.1) is 0 Å². The zero-order valence-corrected chi connectivity index (χ0v) is 19.8. The van der Waals surface area contributed by atoms with Crippen LogP contribution >= 0.6 is 0 Å². The molecule has 7 heteroatoms. The van der Waals surface area contributed by atoms with Crippen LogP contribution in [0.2, 0.25) is 0 Å². The second-order valence-corrected chi connectivity index (χ2v) is 8.89. The van der Waals surface area contributed by atoms with Crippen LogP contribution in [0.3, 0.4) is 0 Å². The summed E-state index contributed by atoms with van der Waals surface area (Å²) in [5.74, 6) is -0.414. The quantitative estimate of drug-likeness (QED) is 0.519. The van der Waals surface area contributed by atoms with E-state index in [0.717, 1.165) is 36.6 Å². The number of amides is 1. The monoisotopic (exact) mass is 462 g/mol. The number of piperazine rings is 1. The van der Waals surface area contributed by atoms with E-state index in [0.29, 0.717) is 25.3 Å². The van der Waals surface area contributed by atoms with Crippen molar-refractivity contribution in [1.29, 1.82) is 0 Å². The number of hydrogen-bond donors (Lipinski definition) is 1. The molecule has 0 bridgehead atoms. The van der Waals surface area contributed by atoms with E-state index in [1.165, 1.54) is 17.7 Å². The second-order valence-electron chi connectivity index (χ2n) is 8.89. The highest BCUT2D eigenvalue weighted by atomic mass is 19.1. The first-order chi connectivity index (χ1) is 16.4. The van der Waals surface area contributed by atoms with Crippen molar-refractivity contribution in [2.24, 2.45) is 0 Å². The van der Waals surface area contributed by atoms with Crippen LogP contribution in [0.5, 0.6) is 0 Å². The molecule has 1 aliphatic rings. The summed E-state index contributed by atoms with van der Waals surface area (Å²) in [5, 5.41) is 2.74. The lowest BCUT2D eigenvalue weighted by Crippen LogP contribution is -2.49. The molecular formula is C27H31FN4O2. The fourth-order valence-electron chi connectivity index (χ4n) is 4.46. The van der Waals surface area contributed by atoms with Gasteiger partial charge in [0, 0.05) is 55.4 Å². The van der Waals surface area contributed by atoms with Crippen molar-refractivity contribution in [3.8, 4) is 0 Å². The lowest BCUT2D eigenvalue weighted by Gasteiger charge is -2.33. The molecule has 2 heterocycles. The summed E-state index contributed by atoms with van der Waals surface area (Å²) in [6, 6.07) is 18.1. The van der Waals surface area contributed by atoms with Crippen LogP contribution in [0.15, 0.2) is 60.7 Å². The predicted molar refractivity (Wildman–Crippen MR) is 132 cm³/mol. The Bertz CT molecular complexity index is 1150. The number of halogens is 1. The number of ketones is 1. The molecule has 1 saturated heterocycles. The molecule has 1 aromatic heterocycles. The van der Waals surface area contributed by atoms with Crippen molar-refractivity contribution in [3.63, 3.8) is 0 Å². The maximum Gasteiger partial charge on any atom is 0.238 e. The molecule has 0 spiro atoms. The molecule has 0 saturated carbocycles. The van der Waals surface area contributed by atoms with E-state index < -0.39 is 0 Å². The van der Waals surface area contributed by atoms with Gasteiger partial charge in [0.05, 0.1) is 13.1 Å². The first kappa shape index (κ1) is 23.9.